The third-order valence-corrected chi connectivity index (χ3v) is 2.81. The van der Waals surface area contributed by atoms with Crippen molar-refractivity contribution in [3.63, 3.8) is 0 Å². The highest BCUT2D eigenvalue weighted by Gasteiger charge is 2.13. The second kappa shape index (κ2) is 5.96. The summed E-state index contributed by atoms with van der Waals surface area (Å²) in [4.78, 5) is 14.9. The number of carbonyl (C=O) groups is 1. The van der Waals surface area contributed by atoms with E-state index in [1.165, 1.54) is 6.39 Å². The van der Waals surface area contributed by atoms with Crippen LogP contribution in [0.4, 0.5) is 10.5 Å². The molecular formula is C15H11N3O4. The summed E-state index contributed by atoms with van der Waals surface area (Å²) in [6.45, 7) is 0. The second-order valence-electron chi connectivity index (χ2n) is 4.31. The van der Waals surface area contributed by atoms with Crippen LogP contribution in [0.5, 0.6) is 11.5 Å². The van der Waals surface area contributed by atoms with Gasteiger partial charge in [0.25, 0.3) is 0 Å². The molecule has 0 atom stereocenters. The zero-order chi connectivity index (χ0) is 15.4. The van der Waals surface area contributed by atoms with E-state index in [2.05, 4.69) is 20.0 Å². The Morgan fingerprint density at radius 1 is 1.14 bits per heavy atom. The predicted molar refractivity (Wildman–Crippen MR) is 77.9 cm³/mol. The molecule has 0 aliphatic carbocycles. The Labute approximate surface area is 125 Å². The number of ether oxygens (including phenoxy) is 1. The zero-order valence-electron chi connectivity index (χ0n) is 11.3. The van der Waals surface area contributed by atoms with E-state index in [0.29, 0.717) is 22.7 Å². The molecule has 0 saturated carbocycles. The van der Waals surface area contributed by atoms with Crippen LogP contribution in [0.2, 0.25) is 0 Å². The molecule has 2 aromatic carbocycles. The SMILES string of the molecule is O=C(O)Nc1cc(Oc2ccccc2)ccc1-c1ncon1. The fourth-order valence-electron chi connectivity index (χ4n) is 1.91. The minimum absolute atomic E-state index is 0.287. The van der Waals surface area contributed by atoms with Crippen molar-refractivity contribution in [2.75, 3.05) is 5.32 Å². The van der Waals surface area contributed by atoms with Crippen LogP contribution in [-0.4, -0.2) is 21.3 Å². The Morgan fingerprint density at radius 2 is 1.95 bits per heavy atom. The molecule has 0 unspecified atom stereocenters. The maximum atomic E-state index is 10.9. The molecule has 2 N–H and O–H groups in total. The summed E-state index contributed by atoms with van der Waals surface area (Å²) < 4.78 is 10.4. The number of rotatable bonds is 4. The van der Waals surface area contributed by atoms with Gasteiger partial charge < -0.3 is 14.4 Å². The van der Waals surface area contributed by atoms with E-state index < -0.39 is 6.09 Å². The van der Waals surface area contributed by atoms with Gasteiger partial charge >= 0.3 is 6.09 Å². The average molecular weight is 297 g/mol. The summed E-state index contributed by atoms with van der Waals surface area (Å²) in [5.41, 5.74) is 0.805. The standard InChI is InChI=1S/C15H11N3O4/c19-15(20)17-13-8-11(22-10-4-2-1-3-5-10)6-7-12(13)14-16-9-21-18-14/h1-9,17H,(H,19,20). The van der Waals surface area contributed by atoms with Gasteiger partial charge in [-0.25, -0.2) is 4.79 Å². The van der Waals surface area contributed by atoms with Crippen molar-refractivity contribution in [1.82, 2.24) is 10.1 Å². The van der Waals surface area contributed by atoms with Crippen molar-refractivity contribution in [2.45, 2.75) is 0 Å². The highest BCUT2D eigenvalue weighted by Crippen LogP contribution is 2.31. The van der Waals surface area contributed by atoms with Gasteiger partial charge in [-0.15, -0.1) is 0 Å². The minimum Gasteiger partial charge on any atom is -0.465 e. The Balaban J connectivity index is 1.95. The molecule has 0 aliphatic rings. The lowest BCUT2D eigenvalue weighted by Crippen LogP contribution is -2.08. The van der Waals surface area contributed by atoms with Crippen LogP contribution in [0, 0.1) is 0 Å². The fourth-order valence-corrected chi connectivity index (χ4v) is 1.91. The Kier molecular flexibility index (Phi) is 3.69. The quantitative estimate of drug-likeness (QED) is 0.763. The van der Waals surface area contributed by atoms with Crippen LogP contribution in [0.25, 0.3) is 11.4 Å². The normalized spacial score (nSPS) is 10.2. The third kappa shape index (κ3) is 3.04. The highest BCUT2D eigenvalue weighted by molar-refractivity contribution is 5.89. The molecule has 1 aromatic heterocycles. The smallest absolute Gasteiger partial charge is 0.409 e. The van der Waals surface area contributed by atoms with Gasteiger partial charge in [0.1, 0.15) is 11.5 Å². The van der Waals surface area contributed by atoms with Gasteiger partial charge in [0.15, 0.2) is 0 Å². The first-order valence-corrected chi connectivity index (χ1v) is 6.36. The van der Waals surface area contributed by atoms with Crippen molar-refractivity contribution in [2.24, 2.45) is 0 Å². The first kappa shape index (κ1) is 13.6. The van der Waals surface area contributed by atoms with E-state index in [-0.39, 0.29) is 5.82 Å². The van der Waals surface area contributed by atoms with E-state index in [1.807, 2.05) is 18.2 Å². The molecule has 110 valence electrons. The molecule has 3 rings (SSSR count). The maximum Gasteiger partial charge on any atom is 0.409 e. The van der Waals surface area contributed by atoms with E-state index in [1.54, 1.807) is 30.3 Å². The van der Waals surface area contributed by atoms with Crippen LogP contribution < -0.4 is 10.1 Å². The van der Waals surface area contributed by atoms with Crippen molar-refractivity contribution < 1.29 is 19.2 Å². The Morgan fingerprint density at radius 3 is 2.64 bits per heavy atom. The van der Waals surface area contributed by atoms with Gasteiger partial charge in [-0.05, 0) is 24.3 Å². The lowest BCUT2D eigenvalue weighted by Gasteiger charge is -2.10. The predicted octanol–water partition coefficient (Wildman–Crippen LogP) is 3.62. The number of para-hydroxylation sites is 1. The number of benzene rings is 2. The number of carboxylic acid groups (broad SMARTS) is 1. The van der Waals surface area contributed by atoms with E-state index in [9.17, 15) is 4.79 Å². The van der Waals surface area contributed by atoms with Gasteiger partial charge in [0, 0.05) is 11.6 Å². The fraction of sp³-hybridized carbons (Fsp3) is 0. The van der Waals surface area contributed by atoms with Crippen LogP contribution in [-0.2, 0) is 0 Å². The summed E-state index contributed by atoms with van der Waals surface area (Å²) in [6.07, 6.45) is -0.0181. The third-order valence-electron chi connectivity index (χ3n) is 2.81. The Hall–Kier alpha value is -3.35. The zero-order valence-corrected chi connectivity index (χ0v) is 11.3. The molecule has 22 heavy (non-hydrogen) atoms. The first-order valence-electron chi connectivity index (χ1n) is 6.36. The number of aromatic nitrogens is 2. The molecule has 0 spiro atoms. The van der Waals surface area contributed by atoms with Crippen LogP contribution in [0.3, 0.4) is 0 Å². The number of hydrogen-bond acceptors (Lipinski definition) is 5. The minimum atomic E-state index is -1.19. The van der Waals surface area contributed by atoms with E-state index >= 15 is 0 Å². The highest BCUT2D eigenvalue weighted by atomic mass is 16.5. The van der Waals surface area contributed by atoms with Crippen molar-refractivity contribution in [1.29, 1.82) is 0 Å². The number of nitrogens with zero attached hydrogens (tertiary/aromatic N) is 2. The summed E-state index contributed by atoms with van der Waals surface area (Å²) in [5, 5.41) is 15.0. The van der Waals surface area contributed by atoms with E-state index in [4.69, 9.17) is 9.84 Å². The van der Waals surface area contributed by atoms with Gasteiger partial charge in [0.2, 0.25) is 12.2 Å². The molecule has 0 saturated heterocycles. The summed E-state index contributed by atoms with van der Waals surface area (Å²) in [7, 11) is 0. The van der Waals surface area contributed by atoms with Crippen molar-refractivity contribution in [3.05, 3.63) is 54.9 Å². The average Bonchev–Trinajstić information content (AvgIpc) is 3.02. The Bertz CT molecular complexity index is 773. The molecule has 7 heteroatoms. The molecule has 1 heterocycles. The lowest BCUT2D eigenvalue weighted by molar-refractivity contribution is 0.210. The maximum absolute atomic E-state index is 10.9. The number of anilines is 1. The number of nitrogens with one attached hydrogen (secondary N) is 1. The van der Waals surface area contributed by atoms with Crippen LogP contribution in [0.15, 0.2) is 59.4 Å². The topological polar surface area (TPSA) is 97.5 Å². The molecule has 7 nitrogen and oxygen atoms in total. The van der Waals surface area contributed by atoms with Gasteiger partial charge in [-0.1, -0.05) is 23.4 Å². The second-order valence-corrected chi connectivity index (χ2v) is 4.31. The molecule has 0 radical (unpaired) electrons. The molecule has 1 amide bonds. The van der Waals surface area contributed by atoms with Crippen molar-refractivity contribution >= 4 is 11.8 Å². The van der Waals surface area contributed by atoms with Crippen molar-refractivity contribution in [3.8, 4) is 22.9 Å². The molecule has 0 fully saturated rings. The number of hydrogen-bond donors (Lipinski definition) is 2. The summed E-state index contributed by atoms with van der Waals surface area (Å²) in [6, 6.07) is 14.1. The lowest BCUT2D eigenvalue weighted by atomic mass is 10.1. The molecule has 0 bridgehead atoms. The molecule has 3 aromatic rings. The van der Waals surface area contributed by atoms with Gasteiger partial charge in [0.05, 0.1) is 5.69 Å². The monoisotopic (exact) mass is 297 g/mol. The summed E-state index contributed by atoms with van der Waals surface area (Å²) >= 11 is 0. The largest absolute Gasteiger partial charge is 0.465 e. The van der Waals surface area contributed by atoms with Crippen LogP contribution >= 0.6 is 0 Å². The molecular weight excluding hydrogens is 286 g/mol. The van der Waals surface area contributed by atoms with Crippen LogP contribution in [0.1, 0.15) is 0 Å². The van der Waals surface area contributed by atoms with Gasteiger partial charge in [-0.2, -0.15) is 4.98 Å². The van der Waals surface area contributed by atoms with Gasteiger partial charge in [-0.3, -0.25) is 5.32 Å². The number of amides is 1. The molecule has 0 aliphatic heterocycles. The van der Waals surface area contributed by atoms with E-state index in [0.717, 1.165) is 0 Å². The summed E-state index contributed by atoms with van der Waals surface area (Å²) in [5.74, 6) is 1.42. The first-order chi connectivity index (χ1) is 10.7.